The van der Waals surface area contributed by atoms with Crippen molar-refractivity contribution in [1.82, 2.24) is 0 Å². The molecular weight excluding hydrogens is 287 g/mol. The van der Waals surface area contributed by atoms with Crippen molar-refractivity contribution < 1.29 is 27.4 Å². The first-order valence-electron chi connectivity index (χ1n) is 6.22. The van der Waals surface area contributed by atoms with E-state index in [1.165, 1.54) is 19.2 Å². The molecule has 0 spiro atoms. The summed E-state index contributed by atoms with van der Waals surface area (Å²) in [6, 6.07) is 4.63. The van der Waals surface area contributed by atoms with E-state index in [0.29, 0.717) is 0 Å². The van der Waals surface area contributed by atoms with Crippen LogP contribution >= 0.6 is 0 Å². The van der Waals surface area contributed by atoms with Crippen LogP contribution in [0.15, 0.2) is 28.7 Å². The number of furan rings is 1. The van der Waals surface area contributed by atoms with Crippen LogP contribution < -0.4 is 10.1 Å². The minimum atomic E-state index is -4.46. The van der Waals surface area contributed by atoms with E-state index < -0.39 is 11.7 Å². The van der Waals surface area contributed by atoms with E-state index >= 15 is 0 Å². The zero-order valence-corrected chi connectivity index (χ0v) is 11.4. The van der Waals surface area contributed by atoms with E-state index in [1.54, 1.807) is 6.92 Å². The lowest BCUT2D eigenvalue weighted by Crippen LogP contribution is -2.04. The summed E-state index contributed by atoms with van der Waals surface area (Å²) in [4.78, 5) is 0. The molecule has 0 saturated carbocycles. The van der Waals surface area contributed by atoms with Gasteiger partial charge in [0.1, 0.15) is 0 Å². The minimum absolute atomic E-state index is 0.130. The topological polar surface area (TPSA) is 54.6 Å². The van der Waals surface area contributed by atoms with E-state index in [-0.39, 0.29) is 35.3 Å². The van der Waals surface area contributed by atoms with E-state index in [0.717, 1.165) is 12.1 Å². The van der Waals surface area contributed by atoms with Gasteiger partial charge in [0.2, 0.25) is 11.6 Å². The molecule has 114 valence electrons. The Balaban J connectivity index is 2.56. The molecule has 0 unspecified atom stereocenters. The van der Waals surface area contributed by atoms with Gasteiger partial charge in [-0.25, -0.2) is 0 Å². The fraction of sp³-hybridized carbons (Fsp3) is 0.286. The number of benzene rings is 1. The molecule has 0 aliphatic heterocycles. The lowest BCUT2D eigenvalue weighted by atomic mass is 10.0. The molecule has 4 nitrogen and oxygen atoms in total. The summed E-state index contributed by atoms with van der Waals surface area (Å²) >= 11 is 0. The number of anilines is 1. The maximum absolute atomic E-state index is 12.8. The molecule has 21 heavy (non-hydrogen) atoms. The van der Waals surface area contributed by atoms with E-state index in [1.807, 2.05) is 0 Å². The molecule has 0 saturated heterocycles. The van der Waals surface area contributed by atoms with Crippen molar-refractivity contribution >= 4 is 5.88 Å². The highest BCUT2D eigenvalue weighted by molar-refractivity contribution is 5.82. The molecule has 2 N–H and O–H groups in total. The monoisotopic (exact) mass is 301 g/mol. The van der Waals surface area contributed by atoms with Gasteiger partial charge >= 0.3 is 12.1 Å². The Labute approximate surface area is 119 Å². The van der Waals surface area contributed by atoms with Gasteiger partial charge in [-0.05, 0) is 24.6 Å². The average molecular weight is 301 g/mol. The normalized spacial score (nSPS) is 11.5. The van der Waals surface area contributed by atoms with Crippen LogP contribution in [-0.2, 0) is 6.18 Å². The van der Waals surface area contributed by atoms with Gasteiger partial charge in [-0.2, -0.15) is 13.2 Å². The first kappa shape index (κ1) is 15.1. The highest BCUT2D eigenvalue weighted by Crippen LogP contribution is 2.46. The van der Waals surface area contributed by atoms with Crippen LogP contribution in [0.3, 0.4) is 0 Å². The Morgan fingerprint density at radius 2 is 2.05 bits per heavy atom. The maximum atomic E-state index is 12.8. The van der Waals surface area contributed by atoms with Crippen molar-refractivity contribution in [3.8, 4) is 22.8 Å². The Morgan fingerprint density at radius 1 is 1.33 bits per heavy atom. The second-order valence-corrected chi connectivity index (χ2v) is 4.20. The number of hydrogen-bond donors (Lipinski definition) is 2. The van der Waals surface area contributed by atoms with Crippen molar-refractivity contribution in [3.63, 3.8) is 0 Å². The summed E-state index contributed by atoms with van der Waals surface area (Å²) in [6.07, 6.45) is -4.46. The smallest absolute Gasteiger partial charge is 0.416 e. The predicted octanol–water partition coefficient (Wildman–Crippen LogP) is 4.11. The average Bonchev–Trinajstić information content (AvgIpc) is 2.75. The Morgan fingerprint density at radius 3 is 2.62 bits per heavy atom. The SMILES string of the molecule is CCOc1oc(NC)c(-c2cccc(C(F)(F)F)c2)c1O. The molecule has 0 radical (unpaired) electrons. The minimum Gasteiger partial charge on any atom is -0.501 e. The molecule has 1 aromatic heterocycles. The summed E-state index contributed by atoms with van der Waals surface area (Å²) in [5.41, 5.74) is -0.492. The molecule has 2 rings (SSSR count). The van der Waals surface area contributed by atoms with E-state index in [9.17, 15) is 18.3 Å². The van der Waals surface area contributed by atoms with Gasteiger partial charge in [-0.1, -0.05) is 12.1 Å². The molecule has 0 amide bonds. The van der Waals surface area contributed by atoms with Crippen molar-refractivity contribution in [2.45, 2.75) is 13.1 Å². The number of aromatic hydroxyl groups is 1. The van der Waals surface area contributed by atoms with Crippen LogP contribution in [-0.4, -0.2) is 18.8 Å². The second kappa shape index (κ2) is 5.59. The predicted molar refractivity (Wildman–Crippen MR) is 71.5 cm³/mol. The zero-order chi connectivity index (χ0) is 15.6. The van der Waals surface area contributed by atoms with Crippen LogP contribution in [0.5, 0.6) is 11.7 Å². The third-order valence-corrected chi connectivity index (χ3v) is 2.83. The highest BCUT2D eigenvalue weighted by atomic mass is 19.4. The van der Waals surface area contributed by atoms with Gasteiger partial charge in [-0.15, -0.1) is 0 Å². The van der Waals surface area contributed by atoms with Crippen molar-refractivity contribution in [1.29, 1.82) is 0 Å². The zero-order valence-electron chi connectivity index (χ0n) is 11.4. The van der Waals surface area contributed by atoms with Gasteiger partial charge in [0, 0.05) is 7.05 Å². The number of alkyl halides is 3. The molecule has 1 heterocycles. The largest absolute Gasteiger partial charge is 0.501 e. The molecule has 0 fully saturated rings. The van der Waals surface area contributed by atoms with Crippen LogP contribution in [0.4, 0.5) is 19.1 Å². The summed E-state index contributed by atoms with van der Waals surface area (Å²) in [5, 5.41) is 12.8. The summed E-state index contributed by atoms with van der Waals surface area (Å²) in [7, 11) is 1.53. The molecule has 0 bridgehead atoms. The molecule has 0 aliphatic rings. The molecule has 7 heteroatoms. The number of hydrogen-bond acceptors (Lipinski definition) is 4. The Kier molecular flexibility index (Phi) is 4.02. The fourth-order valence-electron chi connectivity index (χ4n) is 1.93. The summed E-state index contributed by atoms with van der Waals surface area (Å²) in [5.74, 6) is -0.329. The number of rotatable bonds is 4. The van der Waals surface area contributed by atoms with Crippen LogP contribution in [0, 0.1) is 0 Å². The molecule has 0 atom stereocenters. The van der Waals surface area contributed by atoms with Gasteiger partial charge < -0.3 is 19.6 Å². The highest BCUT2D eigenvalue weighted by Gasteiger charge is 2.31. The third kappa shape index (κ3) is 2.91. The second-order valence-electron chi connectivity index (χ2n) is 4.20. The standard InChI is InChI=1S/C14H14F3NO3/c1-3-20-13-11(19)10(12(18-2)21-13)8-5-4-6-9(7-8)14(15,16)17/h4-7,18-19H,3H2,1-2H3. The van der Waals surface area contributed by atoms with Gasteiger partial charge in [0.05, 0.1) is 17.7 Å². The van der Waals surface area contributed by atoms with Crippen molar-refractivity contribution in [2.75, 3.05) is 19.0 Å². The lowest BCUT2D eigenvalue weighted by molar-refractivity contribution is -0.137. The molecule has 1 aromatic carbocycles. The number of ether oxygens (including phenoxy) is 1. The lowest BCUT2D eigenvalue weighted by Gasteiger charge is -2.08. The van der Waals surface area contributed by atoms with Crippen LogP contribution in [0.1, 0.15) is 12.5 Å². The molecule has 2 aromatic rings. The van der Waals surface area contributed by atoms with Gasteiger partial charge in [0.25, 0.3) is 0 Å². The summed E-state index contributed by atoms with van der Waals surface area (Å²) in [6.45, 7) is 1.96. The summed E-state index contributed by atoms with van der Waals surface area (Å²) < 4.78 is 48.6. The maximum Gasteiger partial charge on any atom is 0.416 e. The number of nitrogens with one attached hydrogen (secondary N) is 1. The Hall–Kier alpha value is -2.31. The number of halogens is 3. The van der Waals surface area contributed by atoms with E-state index in [2.05, 4.69) is 5.32 Å². The van der Waals surface area contributed by atoms with Crippen molar-refractivity contribution in [2.24, 2.45) is 0 Å². The Bertz CT molecular complexity index is 635. The first-order valence-corrected chi connectivity index (χ1v) is 6.22. The quantitative estimate of drug-likeness (QED) is 0.892. The molecular formula is C14H14F3NO3. The van der Waals surface area contributed by atoms with Crippen LogP contribution in [0.25, 0.3) is 11.1 Å². The fourth-order valence-corrected chi connectivity index (χ4v) is 1.93. The van der Waals surface area contributed by atoms with Gasteiger partial charge in [0.15, 0.2) is 0 Å². The first-order chi connectivity index (χ1) is 9.88. The van der Waals surface area contributed by atoms with Crippen molar-refractivity contribution in [3.05, 3.63) is 29.8 Å². The third-order valence-electron chi connectivity index (χ3n) is 2.83. The molecule has 0 aliphatic carbocycles. The van der Waals surface area contributed by atoms with Gasteiger partial charge in [-0.3, -0.25) is 0 Å². The van der Waals surface area contributed by atoms with E-state index in [4.69, 9.17) is 9.15 Å². The van der Waals surface area contributed by atoms with Crippen LogP contribution in [0.2, 0.25) is 0 Å².